The molecule has 0 spiro atoms. The van der Waals surface area contributed by atoms with Crippen molar-refractivity contribution in [3.8, 4) is 0 Å². The van der Waals surface area contributed by atoms with Crippen molar-refractivity contribution in [2.45, 2.75) is 24.2 Å². The fraction of sp³-hybridized carbons (Fsp3) is 0.211. The largest absolute Gasteiger partial charge is 0.465 e. The van der Waals surface area contributed by atoms with Gasteiger partial charge in [-0.2, -0.15) is 8.42 Å². The molecule has 1 N–H and O–H groups in total. The zero-order chi connectivity index (χ0) is 20.3. The fourth-order valence-electron chi connectivity index (χ4n) is 2.86. The molecule has 0 amide bonds. The summed E-state index contributed by atoms with van der Waals surface area (Å²) >= 11 is 2.01. The molecule has 146 valence electrons. The number of nitrogens with one attached hydrogen (secondary N) is 1. The Morgan fingerprint density at radius 3 is 2.68 bits per heavy atom. The van der Waals surface area contributed by atoms with Crippen LogP contribution in [0.3, 0.4) is 0 Å². The Labute approximate surface area is 176 Å². The lowest BCUT2D eigenvalue weighted by molar-refractivity contribution is -0.113. The van der Waals surface area contributed by atoms with Crippen LogP contribution in [0.1, 0.15) is 28.8 Å². The predicted molar refractivity (Wildman–Crippen MR) is 113 cm³/mol. The average molecular weight is 512 g/mol. The number of hydrogen-bond donors (Lipinski definition) is 1. The lowest BCUT2D eigenvalue weighted by atomic mass is 10.0. The maximum atomic E-state index is 12.5. The van der Waals surface area contributed by atoms with E-state index < -0.39 is 21.8 Å². The standard InChI is InChI=1S/C19H17IN2O5S/c1-27-19(24)14-7-3-2-5-12(14)6-4-8-16(23)18-21-15-10-9-13(20)11-17(15)28(25,26)22-18/h2-3,5,7,9-11H,4,6,8H2,1H3,(H,21,22). The molecule has 0 aromatic heterocycles. The number of benzene rings is 2. The summed E-state index contributed by atoms with van der Waals surface area (Å²) in [6.45, 7) is 0. The van der Waals surface area contributed by atoms with E-state index in [0.29, 0.717) is 24.1 Å². The maximum Gasteiger partial charge on any atom is 0.338 e. The topological polar surface area (TPSA) is 102 Å². The molecule has 0 radical (unpaired) electrons. The van der Waals surface area contributed by atoms with Crippen LogP contribution in [0.2, 0.25) is 0 Å². The van der Waals surface area contributed by atoms with Gasteiger partial charge in [-0.15, -0.1) is 4.40 Å². The van der Waals surface area contributed by atoms with E-state index in [0.717, 1.165) is 9.13 Å². The van der Waals surface area contributed by atoms with Crippen molar-refractivity contribution in [3.63, 3.8) is 0 Å². The number of carbonyl (C=O) groups is 2. The highest BCUT2D eigenvalue weighted by atomic mass is 127. The highest BCUT2D eigenvalue weighted by molar-refractivity contribution is 14.1. The van der Waals surface area contributed by atoms with Gasteiger partial charge < -0.3 is 10.1 Å². The number of halogens is 1. The summed E-state index contributed by atoms with van der Waals surface area (Å²) in [6, 6.07) is 11.9. The van der Waals surface area contributed by atoms with E-state index in [1.807, 2.05) is 22.6 Å². The van der Waals surface area contributed by atoms with Crippen LogP contribution >= 0.6 is 22.6 Å². The Hall–Kier alpha value is -2.27. The Balaban J connectivity index is 1.70. The van der Waals surface area contributed by atoms with E-state index in [9.17, 15) is 18.0 Å². The lowest BCUT2D eigenvalue weighted by Crippen LogP contribution is -2.29. The summed E-state index contributed by atoms with van der Waals surface area (Å²) in [4.78, 5) is 24.3. The number of hydrogen-bond acceptors (Lipinski definition) is 6. The molecule has 28 heavy (non-hydrogen) atoms. The number of esters is 1. The van der Waals surface area contributed by atoms with Crippen molar-refractivity contribution in [2.75, 3.05) is 12.4 Å². The van der Waals surface area contributed by atoms with E-state index in [4.69, 9.17) is 4.74 Å². The van der Waals surface area contributed by atoms with E-state index in [-0.39, 0.29) is 17.2 Å². The fourth-order valence-corrected chi connectivity index (χ4v) is 4.72. The second kappa shape index (κ2) is 8.39. The summed E-state index contributed by atoms with van der Waals surface area (Å²) in [5, 5.41) is 2.81. The Bertz CT molecular complexity index is 1080. The highest BCUT2D eigenvalue weighted by Crippen LogP contribution is 2.29. The van der Waals surface area contributed by atoms with Crippen LogP contribution in [0.25, 0.3) is 0 Å². The van der Waals surface area contributed by atoms with Gasteiger partial charge in [-0.05, 0) is 65.3 Å². The van der Waals surface area contributed by atoms with Crippen molar-refractivity contribution in [3.05, 3.63) is 57.2 Å². The molecule has 0 aliphatic carbocycles. The van der Waals surface area contributed by atoms with Crippen molar-refractivity contribution < 1.29 is 22.7 Å². The zero-order valence-corrected chi connectivity index (χ0v) is 17.9. The summed E-state index contributed by atoms with van der Waals surface area (Å²) in [5.74, 6) is -1.02. The number of nitrogens with zero attached hydrogens (tertiary/aromatic N) is 1. The number of rotatable bonds is 6. The predicted octanol–water partition coefficient (Wildman–Crippen LogP) is 3.18. The van der Waals surface area contributed by atoms with Crippen LogP contribution in [0.5, 0.6) is 0 Å². The Morgan fingerprint density at radius 1 is 1.18 bits per heavy atom. The normalized spacial score (nSPS) is 14.4. The van der Waals surface area contributed by atoms with Gasteiger partial charge in [0.15, 0.2) is 11.6 Å². The van der Waals surface area contributed by atoms with Gasteiger partial charge in [0.2, 0.25) is 0 Å². The van der Waals surface area contributed by atoms with Crippen LogP contribution in [-0.4, -0.2) is 33.1 Å². The molecule has 0 bridgehead atoms. The number of sulfonamides is 1. The first-order chi connectivity index (χ1) is 13.3. The molecule has 0 unspecified atom stereocenters. The van der Waals surface area contributed by atoms with Crippen LogP contribution in [0.4, 0.5) is 5.69 Å². The number of Topliss-reactive ketones (excluding diaryl/α,β-unsaturated/α-hetero) is 1. The van der Waals surface area contributed by atoms with Gasteiger partial charge in [0, 0.05) is 9.99 Å². The SMILES string of the molecule is COC(=O)c1ccccc1CCCC(=O)C1=NS(=O)(=O)c2cc(I)ccc2N1. The van der Waals surface area contributed by atoms with Crippen molar-refractivity contribution >= 4 is 55.9 Å². The number of anilines is 1. The summed E-state index contributed by atoms with van der Waals surface area (Å²) in [6.07, 6.45) is 1.01. The molecule has 0 atom stereocenters. The highest BCUT2D eigenvalue weighted by Gasteiger charge is 2.28. The zero-order valence-electron chi connectivity index (χ0n) is 14.9. The molecule has 0 fully saturated rings. The number of ketones is 1. The molecular weight excluding hydrogens is 495 g/mol. The minimum Gasteiger partial charge on any atom is -0.465 e. The molecule has 1 aliphatic heterocycles. The number of fused-ring (bicyclic) bond motifs is 1. The third-order valence-corrected chi connectivity index (χ3v) is 6.21. The smallest absolute Gasteiger partial charge is 0.338 e. The van der Waals surface area contributed by atoms with Crippen molar-refractivity contribution in [1.82, 2.24) is 0 Å². The average Bonchev–Trinajstić information content (AvgIpc) is 2.67. The lowest BCUT2D eigenvalue weighted by Gasteiger charge is -2.17. The number of carbonyl (C=O) groups excluding carboxylic acids is 2. The Morgan fingerprint density at radius 2 is 1.93 bits per heavy atom. The third-order valence-electron chi connectivity index (χ3n) is 4.22. The van der Waals surface area contributed by atoms with Crippen LogP contribution in [0.15, 0.2) is 51.8 Å². The second-order valence-electron chi connectivity index (χ2n) is 6.11. The summed E-state index contributed by atoms with van der Waals surface area (Å²) < 4.78 is 33.9. The Kier molecular flexibility index (Phi) is 6.14. The van der Waals surface area contributed by atoms with Crippen LogP contribution in [-0.2, 0) is 26.0 Å². The third kappa shape index (κ3) is 4.41. The van der Waals surface area contributed by atoms with Gasteiger partial charge in [-0.3, -0.25) is 4.79 Å². The molecule has 9 heteroatoms. The molecule has 2 aromatic carbocycles. The van der Waals surface area contributed by atoms with E-state index >= 15 is 0 Å². The van der Waals surface area contributed by atoms with Gasteiger partial charge in [0.25, 0.3) is 10.0 Å². The molecule has 1 heterocycles. The van der Waals surface area contributed by atoms with Crippen LogP contribution < -0.4 is 5.32 Å². The minimum atomic E-state index is -3.92. The van der Waals surface area contributed by atoms with Gasteiger partial charge in [0.05, 0.1) is 18.4 Å². The first-order valence-corrected chi connectivity index (χ1v) is 10.9. The van der Waals surface area contributed by atoms with Crippen LogP contribution in [0, 0.1) is 3.57 Å². The molecular formula is C19H17IN2O5S. The monoisotopic (exact) mass is 512 g/mol. The first-order valence-electron chi connectivity index (χ1n) is 8.43. The molecule has 7 nitrogen and oxygen atoms in total. The van der Waals surface area contributed by atoms with E-state index in [1.165, 1.54) is 13.2 Å². The minimum absolute atomic E-state index is 0.0583. The molecule has 2 aromatic rings. The quantitative estimate of drug-likeness (QED) is 0.472. The summed E-state index contributed by atoms with van der Waals surface area (Å²) in [5.41, 5.74) is 1.57. The number of aryl methyl sites for hydroxylation is 1. The maximum absolute atomic E-state index is 12.5. The molecule has 1 aliphatic rings. The van der Waals surface area contributed by atoms with Crippen molar-refractivity contribution in [1.29, 1.82) is 0 Å². The molecule has 0 saturated carbocycles. The van der Waals surface area contributed by atoms with E-state index in [2.05, 4.69) is 9.71 Å². The van der Waals surface area contributed by atoms with Gasteiger partial charge in [-0.1, -0.05) is 18.2 Å². The van der Waals surface area contributed by atoms with Gasteiger partial charge >= 0.3 is 5.97 Å². The molecule has 3 rings (SSSR count). The second-order valence-corrected chi connectivity index (χ2v) is 8.92. The van der Waals surface area contributed by atoms with Gasteiger partial charge in [0.1, 0.15) is 4.90 Å². The number of methoxy groups -OCH3 is 1. The van der Waals surface area contributed by atoms with Crippen molar-refractivity contribution in [2.24, 2.45) is 4.40 Å². The molecule has 0 saturated heterocycles. The van der Waals surface area contributed by atoms with E-state index in [1.54, 1.807) is 36.4 Å². The number of ether oxygens (including phenoxy) is 1. The number of amidine groups is 1. The summed E-state index contributed by atoms with van der Waals surface area (Å²) in [7, 11) is -2.60. The first kappa shape index (κ1) is 20.5. The van der Waals surface area contributed by atoms with Gasteiger partial charge in [-0.25, -0.2) is 4.79 Å².